The molecule has 0 aromatic heterocycles. The zero-order chi connectivity index (χ0) is 8.27. The molecule has 1 aliphatic rings. The molecular weight excluding hydrogens is 144 g/mol. The number of carbonyl (C=O) groups is 1. The molecule has 1 aliphatic heterocycles. The van der Waals surface area contributed by atoms with Crippen molar-refractivity contribution in [1.29, 1.82) is 0 Å². The molecule has 1 fully saturated rings. The number of cyclic esters (lactones) is 1. The molecule has 1 heterocycles. The minimum absolute atomic E-state index is 0.0208. The van der Waals surface area contributed by atoms with Crippen molar-refractivity contribution in [2.75, 3.05) is 19.6 Å². The fraction of sp³-hybridized carbons (Fsp3) is 0.857. The Morgan fingerprint density at radius 3 is 3.00 bits per heavy atom. The highest BCUT2D eigenvalue weighted by atomic mass is 16.6. The predicted molar refractivity (Wildman–Crippen MR) is 41.2 cm³/mol. The first kappa shape index (κ1) is 8.33. The van der Waals surface area contributed by atoms with Gasteiger partial charge in [-0.05, 0) is 19.9 Å². The van der Waals surface area contributed by atoms with Gasteiger partial charge in [0.05, 0.1) is 6.54 Å². The van der Waals surface area contributed by atoms with Crippen LogP contribution in [0.1, 0.15) is 13.3 Å². The third-order valence-corrected chi connectivity index (χ3v) is 1.82. The summed E-state index contributed by atoms with van der Waals surface area (Å²) in [5.74, 6) is 0. The smallest absolute Gasteiger partial charge is 0.410 e. The number of nitrogens with two attached hydrogens (primary N) is 1. The average Bonchev–Trinajstić information content (AvgIpc) is 2.32. The van der Waals surface area contributed by atoms with Crippen LogP contribution in [0.4, 0.5) is 4.79 Å². The summed E-state index contributed by atoms with van der Waals surface area (Å²) in [6.45, 7) is 3.94. The van der Waals surface area contributed by atoms with Gasteiger partial charge in [-0.1, -0.05) is 0 Å². The molecule has 0 aromatic rings. The third-order valence-electron chi connectivity index (χ3n) is 1.82. The molecule has 0 aromatic carbocycles. The summed E-state index contributed by atoms with van der Waals surface area (Å²) < 4.78 is 5.01. The summed E-state index contributed by atoms with van der Waals surface area (Å²) in [5.41, 5.74) is 5.33. The van der Waals surface area contributed by atoms with Crippen LogP contribution in [0.3, 0.4) is 0 Å². The Morgan fingerprint density at radius 2 is 2.55 bits per heavy atom. The minimum Gasteiger partial charge on any atom is -0.444 e. The van der Waals surface area contributed by atoms with Gasteiger partial charge in [-0.15, -0.1) is 0 Å². The summed E-state index contributed by atoms with van der Waals surface area (Å²) in [4.78, 5) is 12.6. The third kappa shape index (κ3) is 1.83. The molecule has 0 bridgehead atoms. The number of rotatable bonds is 3. The Balaban J connectivity index is 2.36. The van der Waals surface area contributed by atoms with E-state index in [1.807, 2.05) is 6.92 Å². The van der Waals surface area contributed by atoms with Crippen molar-refractivity contribution in [1.82, 2.24) is 4.90 Å². The molecule has 1 unspecified atom stereocenters. The monoisotopic (exact) mass is 158 g/mol. The van der Waals surface area contributed by atoms with E-state index in [1.165, 1.54) is 0 Å². The molecule has 1 rings (SSSR count). The van der Waals surface area contributed by atoms with E-state index in [9.17, 15) is 4.79 Å². The van der Waals surface area contributed by atoms with E-state index in [0.29, 0.717) is 13.1 Å². The van der Waals surface area contributed by atoms with Crippen molar-refractivity contribution >= 4 is 6.09 Å². The Labute approximate surface area is 66.3 Å². The van der Waals surface area contributed by atoms with Gasteiger partial charge in [0.2, 0.25) is 0 Å². The Morgan fingerprint density at radius 1 is 1.82 bits per heavy atom. The maximum absolute atomic E-state index is 11.0. The Bertz CT molecular complexity index is 149. The van der Waals surface area contributed by atoms with Gasteiger partial charge in [-0.25, -0.2) is 4.79 Å². The summed E-state index contributed by atoms with van der Waals surface area (Å²) in [6, 6.07) is 0. The molecule has 4 heteroatoms. The van der Waals surface area contributed by atoms with E-state index in [-0.39, 0.29) is 12.2 Å². The van der Waals surface area contributed by atoms with Crippen molar-refractivity contribution in [3.63, 3.8) is 0 Å². The molecule has 1 amide bonds. The molecule has 1 atom stereocenters. The van der Waals surface area contributed by atoms with Crippen LogP contribution < -0.4 is 5.73 Å². The number of nitrogens with zero attached hydrogens (tertiary/aromatic N) is 1. The second-order valence-corrected chi connectivity index (χ2v) is 2.62. The van der Waals surface area contributed by atoms with Gasteiger partial charge in [0.15, 0.2) is 0 Å². The minimum atomic E-state index is -0.203. The fourth-order valence-corrected chi connectivity index (χ4v) is 1.17. The molecule has 2 N–H and O–H groups in total. The van der Waals surface area contributed by atoms with Crippen LogP contribution in [0.25, 0.3) is 0 Å². The number of amides is 1. The van der Waals surface area contributed by atoms with Crippen molar-refractivity contribution in [3.05, 3.63) is 0 Å². The van der Waals surface area contributed by atoms with Crippen LogP contribution in [0.15, 0.2) is 0 Å². The summed E-state index contributed by atoms with van der Waals surface area (Å²) in [5, 5.41) is 0. The highest BCUT2D eigenvalue weighted by molar-refractivity contribution is 5.69. The maximum atomic E-state index is 11.0. The van der Waals surface area contributed by atoms with Crippen LogP contribution >= 0.6 is 0 Å². The molecule has 1 saturated heterocycles. The van der Waals surface area contributed by atoms with Gasteiger partial charge < -0.3 is 15.4 Å². The van der Waals surface area contributed by atoms with Crippen LogP contribution in [0.5, 0.6) is 0 Å². The maximum Gasteiger partial charge on any atom is 0.410 e. The Hall–Kier alpha value is -0.770. The first-order valence-corrected chi connectivity index (χ1v) is 3.93. The number of hydrogen-bond donors (Lipinski definition) is 1. The van der Waals surface area contributed by atoms with Crippen LogP contribution in [-0.2, 0) is 4.74 Å². The average molecular weight is 158 g/mol. The predicted octanol–water partition coefficient (Wildman–Crippen LogP) is 0.176. The van der Waals surface area contributed by atoms with E-state index in [1.54, 1.807) is 4.90 Å². The fourth-order valence-electron chi connectivity index (χ4n) is 1.17. The quantitative estimate of drug-likeness (QED) is 0.637. The molecular formula is C7H14N2O2. The lowest BCUT2D eigenvalue weighted by Crippen LogP contribution is -2.25. The van der Waals surface area contributed by atoms with Crippen LogP contribution in [-0.4, -0.2) is 36.7 Å². The molecule has 0 saturated carbocycles. The highest BCUT2D eigenvalue weighted by Gasteiger charge is 2.28. The van der Waals surface area contributed by atoms with E-state index in [0.717, 1.165) is 13.0 Å². The van der Waals surface area contributed by atoms with Gasteiger partial charge in [-0.2, -0.15) is 0 Å². The SMILES string of the molecule is CCN1CC(CCN)OC1=O. The van der Waals surface area contributed by atoms with Crippen molar-refractivity contribution in [3.8, 4) is 0 Å². The lowest BCUT2D eigenvalue weighted by molar-refractivity contribution is 0.130. The number of likely N-dealkylation sites (N-methyl/N-ethyl adjacent to an activating group) is 1. The summed E-state index contributed by atoms with van der Waals surface area (Å²) in [7, 11) is 0. The van der Waals surface area contributed by atoms with Gasteiger partial charge >= 0.3 is 6.09 Å². The van der Waals surface area contributed by atoms with Crippen molar-refractivity contribution < 1.29 is 9.53 Å². The van der Waals surface area contributed by atoms with E-state index >= 15 is 0 Å². The zero-order valence-electron chi connectivity index (χ0n) is 6.75. The lowest BCUT2D eigenvalue weighted by atomic mass is 10.2. The van der Waals surface area contributed by atoms with Crippen molar-refractivity contribution in [2.24, 2.45) is 5.73 Å². The van der Waals surface area contributed by atoms with Crippen LogP contribution in [0.2, 0.25) is 0 Å². The molecule has 0 aliphatic carbocycles. The van der Waals surface area contributed by atoms with Gasteiger partial charge in [-0.3, -0.25) is 0 Å². The molecule has 4 nitrogen and oxygen atoms in total. The first-order chi connectivity index (χ1) is 5.27. The second kappa shape index (κ2) is 3.57. The topological polar surface area (TPSA) is 55.6 Å². The largest absolute Gasteiger partial charge is 0.444 e. The second-order valence-electron chi connectivity index (χ2n) is 2.62. The Kier molecular flexibility index (Phi) is 2.70. The molecule has 0 radical (unpaired) electrons. The highest BCUT2D eigenvalue weighted by Crippen LogP contribution is 2.12. The zero-order valence-corrected chi connectivity index (χ0v) is 6.75. The van der Waals surface area contributed by atoms with Gasteiger partial charge in [0.1, 0.15) is 6.10 Å². The van der Waals surface area contributed by atoms with Gasteiger partial charge in [0, 0.05) is 6.54 Å². The van der Waals surface area contributed by atoms with Crippen molar-refractivity contribution in [2.45, 2.75) is 19.4 Å². The lowest BCUT2D eigenvalue weighted by Gasteiger charge is -2.07. The van der Waals surface area contributed by atoms with E-state index in [2.05, 4.69) is 0 Å². The number of carbonyl (C=O) groups excluding carboxylic acids is 1. The number of ether oxygens (including phenoxy) is 1. The molecule has 0 spiro atoms. The van der Waals surface area contributed by atoms with Gasteiger partial charge in [0.25, 0.3) is 0 Å². The first-order valence-electron chi connectivity index (χ1n) is 3.93. The summed E-state index contributed by atoms with van der Waals surface area (Å²) in [6.07, 6.45) is 0.584. The number of hydrogen-bond acceptors (Lipinski definition) is 3. The molecule has 64 valence electrons. The summed E-state index contributed by atoms with van der Waals surface area (Å²) >= 11 is 0. The normalized spacial score (nSPS) is 24.0. The van der Waals surface area contributed by atoms with E-state index in [4.69, 9.17) is 10.5 Å². The standard InChI is InChI=1S/C7H14N2O2/c1-2-9-5-6(3-4-8)11-7(9)10/h6H,2-5,8H2,1H3. The van der Waals surface area contributed by atoms with E-state index < -0.39 is 0 Å². The van der Waals surface area contributed by atoms with Crippen LogP contribution in [0, 0.1) is 0 Å². The molecule has 11 heavy (non-hydrogen) atoms.